The van der Waals surface area contributed by atoms with Gasteiger partial charge in [-0.15, -0.1) is 0 Å². The second-order valence-electron chi connectivity index (χ2n) is 7.51. The number of phenolic OH excluding ortho intramolecular Hbond substituents is 1. The van der Waals surface area contributed by atoms with Crippen molar-refractivity contribution in [1.29, 1.82) is 0 Å². The molecular formula is C23H15ClF6N2O2. The minimum atomic E-state index is -5.29. The van der Waals surface area contributed by atoms with E-state index in [0.717, 1.165) is 11.0 Å². The van der Waals surface area contributed by atoms with E-state index in [9.17, 15) is 36.2 Å². The highest BCUT2D eigenvalue weighted by Gasteiger charge is 2.43. The SMILES string of the molecule is O=C1CCN(c2ccc(O)cc2)c2cc(Cl)ccc2N1c1ccc(C(F)(F)F)c(C(F)(F)F)c1. The molecule has 4 rings (SSSR count). The number of nitrogens with zero attached hydrogens (tertiary/aromatic N) is 2. The van der Waals surface area contributed by atoms with Crippen LogP contribution in [0.3, 0.4) is 0 Å². The summed E-state index contributed by atoms with van der Waals surface area (Å²) in [5.74, 6) is -0.607. The fraction of sp³-hybridized carbons (Fsp3) is 0.174. The number of halogens is 7. The molecule has 3 aromatic carbocycles. The molecule has 178 valence electrons. The molecule has 0 saturated heterocycles. The van der Waals surface area contributed by atoms with Gasteiger partial charge in [-0.2, -0.15) is 26.3 Å². The summed E-state index contributed by atoms with van der Waals surface area (Å²) in [6, 6.07) is 11.9. The third-order valence-corrected chi connectivity index (χ3v) is 5.54. The third-order valence-electron chi connectivity index (χ3n) is 5.30. The number of carbonyl (C=O) groups excluding carboxylic acids is 1. The summed E-state index contributed by atoms with van der Waals surface area (Å²) < 4.78 is 80.2. The van der Waals surface area contributed by atoms with Crippen LogP contribution in [0.1, 0.15) is 17.5 Å². The average molecular weight is 501 g/mol. The summed E-state index contributed by atoms with van der Waals surface area (Å²) in [6.07, 6.45) is -10.7. The van der Waals surface area contributed by atoms with Gasteiger partial charge < -0.3 is 10.0 Å². The Morgan fingerprint density at radius 2 is 1.38 bits per heavy atom. The Balaban J connectivity index is 1.90. The molecule has 0 aliphatic carbocycles. The lowest BCUT2D eigenvalue weighted by atomic mass is 10.0. The van der Waals surface area contributed by atoms with Crippen LogP contribution < -0.4 is 9.80 Å². The van der Waals surface area contributed by atoms with Crippen molar-refractivity contribution < 1.29 is 36.2 Å². The monoisotopic (exact) mass is 500 g/mol. The Bertz CT molecular complexity index is 1240. The molecule has 0 atom stereocenters. The van der Waals surface area contributed by atoms with Crippen LogP contribution in [0.15, 0.2) is 60.7 Å². The van der Waals surface area contributed by atoms with E-state index in [-0.39, 0.29) is 35.1 Å². The topological polar surface area (TPSA) is 43.8 Å². The van der Waals surface area contributed by atoms with Crippen LogP contribution in [0.4, 0.5) is 49.1 Å². The minimum Gasteiger partial charge on any atom is -0.508 e. The van der Waals surface area contributed by atoms with E-state index < -0.39 is 29.4 Å². The number of alkyl halides is 6. The zero-order valence-corrected chi connectivity index (χ0v) is 17.8. The number of carbonyl (C=O) groups is 1. The Labute approximate surface area is 194 Å². The van der Waals surface area contributed by atoms with Crippen molar-refractivity contribution in [1.82, 2.24) is 0 Å². The first kappa shape index (κ1) is 23.7. The number of aromatic hydroxyl groups is 1. The van der Waals surface area contributed by atoms with E-state index in [0.29, 0.717) is 23.5 Å². The normalized spacial score (nSPS) is 14.7. The third kappa shape index (κ3) is 4.50. The van der Waals surface area contributed by atoms with Crippen molar-refractivity contribution in [2.24, 2.45) is 0 Å². The molecule has 0 unspecified atom stereocenters. The summed E-state index contributed by atoms with van der Waals surface area (Å²) in [7, 11) is 0. The maximum Gasteiger partial charge on any atom is 0.417 e. The standard InChI is InChI=1S/C23H15ClF6N2O2/c24-13-1-8-19-20(11-13)31(14-2-5-16(33)6-3-14)10-9-21(34)32(19)15-4-7-17(22(25,26)27)18(12-15)23(28,29)30/h1-8,11-12,33H,9-10H2. The van der Waals surface area contributed by atoms with Crippen molar-refractivity contribution in [3.05, 3.63) is 76.8 Å². The maximum absolute atomic E-state index is 13.5. The van der Waals surface area contributed by atoms with Gasteiger partial charge in [0.25, 0.3) is 0 Å². The van der Waals surface area contributed by atoms with Gasteiger partial charge in [-0.25, -0.2) is 0 Å². The second kappa shape index (κ2) is 8.43. The first-order valence-corrected chi connectivity index (χ1v) is 10.2. The summed E-state index contributed by atoms with van der Waals surface area (Å²) in [5, 5.41) is 9.86. The summed E-state index contributed by atoms with van der Waals surface area (Å²) >= 11 is 6.15. The molecule has 34 heavy (non-hydrogen) atoms. The highest BCUT2D eigenvalue weighted by atomic mass is 35.5. The maximum atomic E-state index is 13.5. The predicted molar refractivity (Wildman–Crippen MR) is 115 cm³/mol. The molecule has 11 heteroatoms. The van der Waals surface area contributed by atoms with Crippen LogP contribution in [-0.2, 0) is 17.1 Å². The number of hydrogen-bond donors (Lipinski definition) is 1. The van der Waals surface area contributed by atoms with Crippen LogP contribution in [0.5, 0.6) is 5.75 Å². The number of benzene rings is 3. The van der Waals surface area contributed by atoms with E-state index in [2.05, 4.69) is 0 Å². The van der Waals surface area contributed by atoms with Gasteiger partial charge in [0.15, 0.2) is 0 Å². The number of amides is 1. The smallest absolute Gasteiger partial charge is 0.417 e. The minimum absolute atomic E-state index is 0.00651. The van der Waals surface area contributed by atoms with Gasteiger partial charge in [-0.05, 0) is 60.7 Å². The van der Waals surface area contributed by atoms with Crippen LogP contribution in [0, 0.1) is 0 Å². The lowest BCUT2D eigenvalue weighted by molar-refractivity contribution is -0.162. The molecule has 0 bridgehead atoms. The van der Waals surface area contributed by atoms with Crippen LogP contribution >= 0.6 is 11.6 Å². The molecule has 0 aromatic heterocycles. The van der Waals surface area contributed by atoms with Gasteiger partial charge >= 0.3 is 12.4 Å². The molecule has 1 aliphatic rings. The van der Waals surface area contributed by atoms with Gasteiger partial charge in [0.2, 0.25) is 5.91 Å². The molecule has 1 amide bonds. The van der Waals surface area contributed by atoms with Crippen LogP contribution in [-0.4, -0.2) is 17.6 Å². The van der Waals surface area contributed by atoms with Gasteiger partial charge in [0, 0.05) is 29.4 Å². The van der Waals surface area contributed by atoms with Crippen molar-refractivity contribution in [2.45, 2.75) is 18.8 Å². The molecule has 1 N–H and O–H groups in total. The predicted octanol–water partition coefficient (Wildman–Crippen LogP) is 7.29. The zero-order chi connectivity index (χ0) is 24.8. The molecular weight excluding hydrogens is 486 g/mol. The lowest BCUT2D eigenvalue weighted by Gasteiger charge is -2.28. The number of anilines is 4. The average Bonchev–Trinajstić information content (AvgIpc) is 2.88. The molecule has 0 saturated carbocycles. The first-order valence-electron chi connectivity index (χ1n) is 9.84. The Kier molecular flexibility index (Phi) is 5.89. The van der Waals surface area contributed by atoms with E-state index in [1.54, 1.807) is 17.0 Å². The fourth-order valence-electron chi connectivity index (χ4n) is 3.81. The quantitative estimate of drug-likeness (QED) is 0.376. The summed E-state index contributed by atoms with van der Waals surface area (Å²) in [6.45, 7) is 0.111. The first-order chi connectivity index (χ1) is 15.9. The Morgan fingerprint density at radius 1 is 0.765 bits per heavy atom. The Hall–Kier alpha value is -3.40. The molecule has 4 nitrogen and oxygen atoms in total. The van der Waals surface area contributed by atoms with Crippen molar-refractivity contribution in [2.75, 3.05) is 16.3 Å². The Morgan fingerprint density at radius 3 is 2.00 bits per heavy atom. The zero-order valence-electron chi connectivity index (χ0n) is 17.1. The van der Waals surface area contributed by atoms with E-state index >= 15 is 0 Å². The van der Waals surface area contributed by atoms with Gasteiger partial charge in [0.1, 0.15) is 5.75 Å². The van der Waals surface area contributed by atoms with Crippen molar-refractivity contribution >= 4 is 40.3 Å². The summed E-state index contributed by atoms with van der Waals surface area (Å²) in [5.41, 5.74) is -3.01. The van der Waals surface area contributed by atoms with E-state index in [1.807, 2.05) is 0 Å². The highest BCUT2D eigenvalue weighted by molar-refractivity contribution is 6.31. The highest BCUT2D eigenvalue weighted by Crippen LogP contribution is 2.46. The number of hydrogen-bond acceptors (Lipinski definition) is 3. The van der Waals surface area contributed by atoms with Gasteiger partial charge in [-0.1, -0.05) is 11.6 Å². The van der Waals surface area contributed by atoms with Gasteiger partial charge in [-0.3, -0.25) is 9.69 Å². The number of phenols is 1. The largest absolute Gasteiger partial charge is 0.508 e. The molecule has 0 fully saturated rings. The second-order valence-corrected chi connectivity index (χ2v) is 7.94. The molecule has 1 heterocycles. The van der Waals surface area contributed by atoms with Crippen molar-refractivity contribution in [3.8, 4) is 5.75 Å². The lowest BCUT2D eigenvalue weighted by Crippen LogP contribution is -2.26. The fourth-order valence-corrected chi connectivity index (χ4v) is 3.98. The number of fused-ring (bicyclic) bond motifs is 1. The number of rotatable bonds is 2. The molecule has 3 aromatic rings. The summed E-state index contributed by atoms with van der Waals surface area (Å²) in [4.78, 5) is 15.7. The van der Waals surface area contributed by atoms with Crippen LogP contribution in [0.2, 0.25) is 5.02 Å². The van der Waals surface area contributed by atoms with Crippen molar-refractivity contribution in [3.63, 3.8) is 0 Å². The van der Waals surface area contributed by atoms with Gasteiger partial charge in [0.05, 0.1) is 22.5 Å². The van der Waals surface area contributed by atoms with E-state index in [1.165, 1.54) is 30.3 Å². The van der Waals surface area contributed by atoms with E-state index in [4.69, 9.17) is 11.6 Å². The van der Waals surface area contributed by atoms with Crippen LogP contribution in [0.25, 0.3) is 0 Å². The molecule has 1 aliphatic heterocycles. The molecule has 0 spiro atoms. The molecule has 0 radical (unpaired) electrons.